The van der Waals surface area contributed by atoms with E-state index in [1.54, 1.807) is 18.3 Å². The number of hydrogen-bond donors (Lipinski definition) is 2. The lowest BCUT2D eigenvalue weighted by molar-refractivity contribution is -0.384. The standard InChI is InChI=1S/C14H16N4O2/c1-10-8-12(15)9-17-14(10)16-7-6-11-2-4-13(5-3-11)18(19)20/h2-5,8-9H,6-7,15H2,1H3,(H,16,17). The predicted octanol–water partition coefficient (Wildman–Crippen LogP) is 2.54. The quantitative estimate of drug-likeness (QED) is 0.644. The van der Waals surface area contributed by atoms with Gasteiger partial charge in [0.05, 0.1) is 16.8 Å². The Kier molecular flexibility index (Phi) is 4.14. The van der Waals surface area contributed by atoms with E-state index < -0.39 is 4.92 Å². The van der Waals surface area contributed by atoms with Crippen molar-refractivity contribution in [1.82, 2.24) is 4.98 Å². The first kappa shape index (κ1) is 13.8. The summed E-state index contributed by atoms with van der Waals surface area (Å²) in [6, 6.07) is 8.43. The normalized spacial score (nSPS) is 10.2. The monoisotopic (exact) mass is 272 g/mol. The largest absolute Gasteiger partial charge is 0.397 e. The van der Waals surface area contributed by atoms with E-state index in [2.05, 4.69) is 10.3 Å². The van der Waals surface area contributed by atoms with E-state index in [9.17, 15) is 10.1 Å². The van der Waals surface area contributed by atoms with Crippen LogP contribution < -0.4 is 11.1 Å². The molecular weight excluding hydrogens is 256 g/mol. The van der Waals surface area contributed by atoms with Crippen molar-refractivity contribution in [2.24, 2.45) is 0 Å². The van der Waals surface area contributed by atoms with Gasteiger partial charge in [0, 0.05) is 18.7 Å². The lowest BCUT2D eigenvalue weighted by Gasteiger charge is -2.08. The molecule has 0 spiro atoms. The lowest BCUT2D eigenvalue weighted by atomic mass is 10.1. The van der Waals surface area contributed by atoms with Crippen LogP contribution in [0, 0.1) is 17.0 Å². The van der Waals surface area contributed by atoms with E-state index in [-0.39, 0.29) is 5.69 Å². The van der Waals surface area contributed by atoms with Crippen molar-refractivity contribution in [1.29, 1.82) is 0 Å². The van der Waals surface area contributed by atoms with Crippen molar-refractivity contribution >= 4 is 17.2 Å². The third-order valence-corrected chi connectivity index (χ3v) is 2.95. The smallest absolute Gasteiger partial charge is 0.269 e. The molecule has 2 rings (SSSR count). The Morgan fingerprint density at radius 2 is 2.05 bits per heavy atom. The second-order valence-electron chi connectivity index (χ2n) is 4.53. The lowest BCUT2D eigenvalue weighted by Crippen LogP contribution is -2.08. The molecule has 0 aliphatic carbocycles. The molecule has 0 saturated heterocycles. The fourth-order valence-corrected chi connectivity index (χ4v) is 1.89. The molecule has 0 amide bonds. The van der Waals surface area contributed by atoms with Crippen LogP contribution in [-0.4, -0.2) is 16.5 Å². The second-order valence-corrected chi connectivity index (χ2v) is 4.53. The molecule has 0 aliphatic heterocycles. The number of nitrogens with two attached hydrogens (primary N) is 1. The van der Waals surface area contributed by atoms with Crippen molar-refractivity contribution in [2.45, 2.75) is 13.3 Å². The molecule has 104 valence electrons. The first-order valence-electron chi connectivity index (χ1n) is 6.25. The number of pyridine rings is 1. The number of nitro groups is 1. The fraction of sp³-hybridized carbons (Fsp3) is 0.214. The molecule has 0 aliphatic rings. The third kappa shape index (κ3) is 3.44. The molecule has 0 saturated carbocycles. The zero-order valence-corrected chi connectivity index (χ0v) is 11.2. The highest BCUT2D eigenvalue weighted by Gasteiger charge is 2.04. The number of rotatable bonds is 5. The third-order valence-electron chi connectivity index (χ3n) is 2.95. The van der Waals surface area contributed by atoms with Crippen LogP contribution in [-0.2, 0) is 6.42 Å². The number of nitrogens with zero attached hydrogens (tertiary/aromatic N) is 2. The number of benzene rings is 1. The van der Waals surface area contributed by atoms with Gasteiger partial charge in [0.2, 0.25) is 0 Å². The number of aryl methyl sites for hydroxylation is 1. The predicted molar refractivity (Wildman–Crippen MR) is 78.7 cm³/mol. The number of hydrogen-bond acceptors (Lipinski definition) is 5. The summed E-state index contributed by atoms with van der Waals surface area (Å²) in [7, 11) is 0. The number of nitro benzene ring substituents is 1. The minimum atomic E-state index is -0.399. The van der Waals surface area contributed by atoms with Crippen LogP contribution in [0.4, 0.5) is 17.2 Å². The molecule has 1 aromatic carbocycles. The van der Waals surface area contributed by atoms with Gasteiger partial charge in [0.1, 0.15) is 5.82 Å². The van der Waals surface area contributed by atoms with Gasteiger partial charge in [-0.1, -0.05) is 12.1 Å². The van der Waals surface area contributed by atoms with E-state index >= 15 is 0 Å². The molecular formula is C14H16N4O2. The average molecular weight is 272 g/mol. The molecule has 0 unspecified atom stereocenters. The Morgan fingerprint density at radius 1 is 1.35 bits per heavy atom. The van der Waals surface area contributed by atoms with Crippen LogP contribution in [0.25, 0.3) is 0 Å². The van der Waals surface area contributed by atoms with Gasteiger partial charge in [-0.2, -0.15) is 0 Å². The van der Waals surface area contributed by atoms with Gasteiger partial charge < -0.3 is 11.1 Å². The number of nitrogen functional groups attached to an aromatic ring is 1. The molecule has 1 aromatic heterocycles. The summed E-state index contributed by atoms with van der Waals surface area (Å²) in [5.74, 6) is 0.807. The van der Waals surface area contributed by atoms with Gasteiger partial charge in [-0.3, -0.25) is 10.1 Å². The molecule has 3 N–H and O–H groups in total. The molecule has 0 fully saturated rings. The zero-order chi connectivity index (χ0) is 14.5. The molecule has 6 heteroatoms. The van der Waals surface area contributed by atoms with E-state index in [1.807, 2.05) is 13.0 Å². The van der Waals surface area contributed by atoms with E-state index in [0.29, 0.717) is 12.2 Å². The van der Waals surface area contributed by atoms with Gasteiger partial charge in [0.25, 0.3) is 5.69 Å². The van der Waals surface area contributed by atoms with Crippen molar-refractivity contribution < 1.29 is 4.92 Å². The van der Waals surface area contributed by atoms with Crippen molar-refractivity contribution in [2.75, 3.05) is 17.6 Å². The molecule has 20 heavy (non-hydrogen) atoms. The summed E-state index contributed by atoms with van der Waals surface area (Å²) >= 11 is 0. The van der Waals surface area contributed by atoms with Crippen LogP contribution in [0.15, 0.2) is 36.5 Å². The molecule has 1 heterocycles. The van der Waals surface area contributed by atoms with Gasteiger partial charge >= 0.3 is 0 Å². The summed E-state index contributed by atoms with van der Waals surface area (Å²) in [6.07, 6.45) is 2.38. The Labute approximate surface area is 116 Å². The highest BCUT2D eigenvalue weighted by molar-refractivity contribution is 5.50. The summed E-state index contributed by atoms with van der Waals surface area (Å²) in [6.45, 7) is 2.65. The van der Waals surface area contributed by atoms with Gasteiger partial charge in [-0.05, 0) is 30.5 Å². The molecule has 2 aromatic rings. The zero-order valence-electron chi connectivity index (χ0n) is 11.2. The topological polar surface area (TPSA) is 94.1 Å². The van der Waals surface area contributed by atoms with E-state index in [4.69, 9.17) is 5.73 Å². The van der Waals surface area contributed by atoms with E-state index in [1.165, 1.54) is 12.1 Å². The maximum Gasteiger partial charge on any atom is 0.269 e. The number of aromatic nitrogens is 1. The molecule has 6 nitrogen and oxygen atoms in total. The summed E-state index contributed by atoms with van der Waals surface area (Å²) in [4.78, 5) is 14.4. The number of anilines is 2. The first-order valence-corrected chi connectivity index (χ1v) is 6.25. The molecule has 0 radical (unpaired) electrons. The maximum absolute atomic E-state index is 10.6. The minimum absolute atomic E-state index is 0.109. The molecule has 0 bridgehead atoms. The van der Waals surface area contributed by atoms with Crippen LogP contribution in [0.3, 0.4) is 0 Å². The Balaban J connectivity index is 1.91. The van der Waals surface area contributed by atoms with Crippen LogP contribution in [0.5, 0.6) is 0 Å². The molecule has 0 atom stereocenters. The minimum Gasteiger partial charge on any atom is -0.397 e. The van der Waals surface area contributed by atoms with E-state index in [0.717, 1.165) is 23.4 Å². The summed E-state index contributed by atoms with van der Waals surface area (Å²) in [5.41, 5.74) is 8.42. The Hall–Kier alpha value is -2.63. The highest BCUT2D eigenvalue weighted by atomic mass is 16.6. The van der Waals surface area contributed by atoms with Gasteiger partial charge in [-0.25, -0.2) is 4.98 Å². The highest BCUT2D eigenvalue weighted by Crippen LogP contribution is 2.15. The van der Waals surface area contributed by atoms with Crippen molar-refractivity contribution in [3.05, 3.63) is 57.8 Å². The van der Waals surface area contributed by atoms with Crippen LogP contribution in [0.1, 0.15) is 11.1 Å². The Morgan fingerprint density at radius 3 is 2.65 bits per heavy atom. The fourth-order valence-electron chi connectivity index (χ4n) is 1.89. The first-order chi connectivity index (χ1) is 9.56. The Bertz CT molecular complexity index is 611. The van der Waals surface area contributed by atoms with Gasteiger partial charge in [0.15, 0.2) is 0 Å². The van der Waals surface area contributed by atoms with Crippen molar-refractivity contribution in [3.8, 4) is 0 Å². The maximum atomic E-state index is 10.6. The summed E-state index contributed by atoms with van der Waals surface area (Å²) in [5, 5.41) is 13.8. The number of non-ortho nitro benzene ring substituents is 1. The number of nitrogens with one attached hydrogen (secondary N) is 1. The van der Waals surface area contributed by atoms with Crippen LogP contribution >= 0.6 is 0 Å². The van der Waals surface area contributed by atoms with Gasteiger partial charge in [-0.15, -0.1) is 0 Å². The van der Waals surface area contributed by atoms with Crippen LogP contribution in [0.2, 0.25) is 0 Å². The SMILES string of the molecule is Cc1cc(N)cnc1NCCc1ccc([N+](=O)[O-])cc1. The summed E-state index contributed by atoms with van der Waals surface area (Å²) < 4.78 is 0. The van der Waals surface area contributed by atoms with Crippen molar-refractivity contribution in [3.63, 3.8) is 0 Å². The second kappa shape index (κ2) is 6.01. The average Bonchev–Trinajstić information content (AvgIpc) is 2.42.